The Morgan fingerprint density at radius 1 is 1.07 bits per heavy atom. The number of nitrogens with one attached hydrogen (secondary N) is 1. The summed E-state index contributed by atoms with van der Waals surface area (Å²) in [7, 11) is 0. The molecule has 0 amide bonds. The number of H-pyrrole nitrogens is 1. The molecule has 0 saturated carbocycles. The van der Waals surface area contributed by atoms with Gasteiger partial charge in [0.15, 0.2) is 0 Å². The molecule has 0 aliphatic carbocycles. The molecule has 6 nitrogen and oxygen atoms in total. The van der Waals surface area contributed by atoms with Crippen molar-refractivity contribution in [1.82, 2.24) is 20.2 Å². The number of benzene rings is 1. The van der Waals surface area contributed by atoms with Crippen molar-refractivity contribution >= 4 is 44.7 Å². The van der Waals surface area contributed by atoms with Crippen LogP contribution in [0.1, 0.15) is 5.82 Å². The van der Waals surface area contributed by atoms with Crippen molar-refractivity contribution in [2.75, 3.05) is 0 Å². The second-order valence-corrected chi connectivity index (χ2v) is 8.58. The van der Waals surface area contributed by atoms with Gasteiger partial charge in [-0.05, 0) is 17.0 Å². The summed E-state index contributed by atoms with van der Waals surface area (Å²) in [5.41, 5.74) is 1.78. The summed E-state index contributed by atoms with van der Waals surface area (Å²) in [4.78, 5) is 21.8. The van der Waals surface area contributed by atoms with Crippen LogP contribution in [0.4, 0.5) is 0 Å². The number of nitrogens with zero attached hydrogens (tertiary/aromatic N) is 3. The van der Waals surface area contributed by atoms with Gasteiger partial charge in [0, 0.05) is 10.9 Å². The van der Waals surface area contributed by atoms with Gasteiger partial charge in [0.2, 0.25) is 0 Å². The van der Waals surface area contributed by atoms with E-state index in [1.54, 1.807) is 11.3 Å². The van der Waals surface area contributed by atoms with Gasteiger partial charge in [0.1, 0.15) is 10.7 Å². The molecule has 1 N–H and O–H groups in total. The Labute approximate surface area is 171 Å². The average Bonchev–Trinajstić information content (AvgIpc) is 3.46. The molecule has 4 heterocycles. The zero-order chi connectivity index (χ0) is 18.9. The first-order valence-electron chi connectivity index (χ1n) is 8.34. The lowest BCUT2D eigenvalue weighted by Crippen LogP contribution is -2.10. The SMILES string of the molecule is O=c1[nH]c(CSc2nnc(-c3cccs3)o2)nc2scc(-c3ccccc3)c12. The summed E-state index contributed by atoms with van der Waals surface area (Å²) < 4.78 is 5.66. The van der Waals surface area contributed by atoms with Crippen molar-refractivity contribution in [1.29, 1.82) is 0 Å². The molecule has 1 aromatic carbocycles. The van der Waals surface area contributed by atoms with E-state index in [-0.39, 0.29) is 5.56 Å². The highest BCUT2D eigenvalue weighted by molar-refractivity contribution is 7.98. The van der Waals surface area contributed by atoms with Crippen LogP contribution in [0.25, 0.3) is 32.1 Å². The van der Waals surface area contributed by atoms with Gasteiger partial charge in [-0.25, -0.2) is 4.98 Å². The molecular formula is C19H12N4O2S3. The lowest BCUT2D eigenvalue weighted by molar-refractivity contribution is 0.466. The van der Waals surface area contributed by atoms with Crippen molar-refractivity contribution in [2.24, 2.45) is 0 Å². The first-order valence-corrected chi connectivity index (χ1v) is 11.1. The van der Waals surface area contributed by atoms with E-state index in [4.69, 9.17) is 4.42 Å². The van der Waals surface area contributed by atoms with E-state index in [1.165, 1.54) is 23.1 Å². The molecule has 0 aliphatic rings. The molecule has 5 rings (SSSR count). The third-order valence-corrected chi connectivity index (χ3v) is 6.61. The molecule has 0 unspecified atom stereocenters. The molecule has 28 heavy (non-hydrogen) atoms. The predicted molar refractivity (Wildman–Crippen MR) is 113 cm³/mol. The smallest absolute Gasteiger partial charge is 0.277 e. The predicted octanol–water partition coefficient (Wildman–Crippen LogP) is 5.06. The number of hydrogen-bond donors (Lipinski definition) is 1. The van der Waals surface area contributed by atoms with E-state index in [0.717, 1.165) is 20.8 Å². The molecule has 138 valence electrons. The van der Waals surface area contributed by atoms with Crippen molar-refractivity contribution in [3.63, 3.8) is 0 Å². The topological polar surface area (TPSA) is 84.7 Å². The van der Waals surface area contributed by atoms with Gasteiger partial charge in [0.05, 0.1) is 16.0 Å². The number of aromatic amines is 1. The van der Waals surface area contributed by atoms with Crippen LogP contribution in [-0.2, 0) is 5.75 Å². The van der Waals surface area contributed by atoms with Crippen LogP contribution in [0.2, 0.25) is 0 Å². The molecule has 0 fully saturated rings. The van der Waals surface area contributed by atoms with Crippen LogP contribution in [0.3, 0.4) is 0 Å². The average molecular weight is 425 g/mol. The second kappa shape index (κ2) is 7.34. The van der Waals surface area contributed by atoms with Gasteiger partial charge < -0.3 is 9.40 Å². The van der Waals surface area contributed by atoms with Gasteiger partial charge in [0.25, 0.3) is 16.7 Å². The van der Waals surface area contributed by atoms with Crippen molar-refractivity contribution in [3.8, 4) is 21.9 Å². The van der Waals surface area contributed by atoms with Gasteiger partial charge in [-0.3, -0.25) is 4.79 Å². The van der Waals surface area contributed by atoms with Crippen LogP contribution >= 0.6 is 34.4 Å². The van der Waals surface area contributed by atoms with E-state index < -0.39 is 0 Å². The highest BCUT2D eigenvalue weighted by atomic mass is 32.2. The molecule has 0 spiro atoms. The Morgan fingerprint density at radius 2 is 1.96 bits per heavy atom. The molecule has 4 aromatic heterocycles. The maximum atomic E-state index is 12.7. The van der Waals surface area contributed by atoms with Gasteiger partial charge in [-0.15, -0.1) is 32.9 Å². The molecule has 0 bridgehead atoms. The molecule has 0 saturated heterocycles. The van der Waals surface area contributed by atoms with Gasteiger partial charge in [-0.2, -0.15) is 0 Å². The number of thioether (sulfide) groups is 1. The number of thiophene rings is 2. The molecule has 9 heteroatoms. The van der Waals surface area contributed by atoms with Crippen molar-refractivity contribution < 1.29 is 4.42 Å². The van der Waals surface area contributed by atoms with E-state index in [1.807, 2.05) is 53.2 Å². The quantitative estimate of drug-likeness (QED) is 0.397. The maximum Gasteiger partial charge on any atom is 0.277 e. The van der Waals surface area contributed by atoms with Crippen LogP contribution in [0.5, 0.6) is 0 Å². The lowest BCUT2D eigenvalue weighted by atomic mass is 10.1. The highest BCUT2D eigenvalue weighted by Crippen LogP contribution is 2.31. The molecule has 0 aliphatic heterocycles. The summed E-state index contributed by atoms with van der Waals surface area (Å²) in [6, 6.07) is 13.7. The summed E-state index contributed by atoms with van der Waals surface area (Å²) in [6.45, 7) is 0. The third kappa shape index (κ3) is 3.28. The normalized spacial score (nSPS) is 11.3. The van der Waals surface area contributed by atoms with E-state index in [2.05, 4.69) is 20.2 Å². The van der Waals surface area contributed by atoms with Crippen LogP contribution in [-0.4, -0.2) is 20.2 Å². The Bertz CT molecular complexity index is 1290. The van der Waals surface area contributed by atoms with Crippen molar-refractivity contribution in [3.05, 3.63) is 69.4 Å². The number of rotatable bonds is 5. The fraction of sp³-hybridized carbons (Fsp3) is 0.0526. The Kier molecular flexibility index (Phi) is 4.55. The molecular weight excluding hydrogens is 412 g/mol. The zero-order valence-corrected chi connectivity index (χ0v) is 16.7. The monoisotopic (exact) mass is 424 g/mol. The third-order valence-electron chi connectivity index (χ3n) is 4.05. The van der Waals surface area contributed by atoms with E-state index in [9.17, 15) is 4.79 Å². The second-order valence-electron chi connectivity index (χ2n) is 5.85. The van der Waals surface area contributed by atoms with Gasteiger partial charge >= 0.3 is 0 Å². The molecule has 5 aromatic rings. The molecule has 0 atom stereocenters. The Morgan fingerprint density at radius 3 is 2.79 bits per heavy atom. The summed E-state index contributed by atoms with van der Waals surface area (Å²) in [6.07, 6.45) is 0. The highest BCUT2D eigenvalue weighted by Gasteiger charge is 2.14. The Hall–Kier alpha value is -2.75. The standard InChI is InChI=1S/C19H12N4O2S3/c24-16-15-12(11-5-2-1-3-6-11)9-27-18(15)21-14(20-16)10-28-19-23-22-17(25-19)13-7-4-8-26-13/h1-9H,10H2,(H,20,21,24). The van der Waals surface area contributed by atoms with Crippen LogP contribution in [0, 0.1) is 0 Å². The number of hydrogen-bond acceptors (Lipinski definition) is 8. The van der Waals surface area contributed by atoms with Crippen molar-refractivity contribution in [2.45, 2.75) is 11.0 Å². The summed E-state index contributed by atoms with van der Waals surface area (Å²) in [5.74, 6) is 1.52. The summed E-state index contributed by atoms with van der Waals surface area (Å²) in [5, 5.41) is 13.1. The minimum atomic E-state index is -0.134. The maximum absolute atomic E-state index is 12.7. The molecule has 0 radical (unpaired) electrons. The number of aromatic nitrogens is 4. The first kappa shape index (κ1) is 17.4. The zero-order valence-electron chi connectivity index (χ0n) is 14.3. The van der Waals surface area contributed by atoms with Crippen LogP contribution < -0.4 is 5.56 Å². The van der Waals surface area contributed by atoms with Crippen LogP contribution in [0.15, 0.2) is 67.7 Å². The van der Waals surface area contributed by atoms with Gasteiger partial charge in [-0.1, -0.05) is 48.2 Å². The number of fused-ring (bicyclic) bond motifs is 1. The van der Waals surface area contributed by atoms with E-state index in [0.29, 0.717) is 28.1 Å². The summed E-state index contributed by atoms with van der Waals surface area (Å²) >= 11 is 4.36. The first-order chi connectivity index (χ1) is 13.8. The minimum Gasteiger partial charge on any atom is -0.410 e. The largest absolute Gasteiger partial charge is 0.410 e. The fourth-order valence-corrected chi connectivity index (χ4v) is 5.03. The van der Waals surface area contributed by atoms with E-state index >= 15 is 0 Å². The minimum absolute atomic E-state index is 0.134. The Balaban J connectivity index is 1.39. The fourth-order valence-electron chi connectivity index (χ4n) is 2.79. The lowest BCUT2D eigenvalue weighted by Gasteiger charge is -2.01.